The Morgan fingerprint density at radius 1 is 0.947 bits per heavy atom. The van der Waals surface area contributed by atoms with Crippen LogP contribution in [-0.4, -0.2) is 52.1 Å². The fourth-order valence-electron chi connectivity index (χ4n) is 4.26. The molecule has 1 saturated heterocycles. The molecule has 1 aliphatic heterocycles. The molecule has 4 rings (SSSR count). The lowest BCUT2D eigenvalue weighted by molar-refractivity contribution is -0.143. The molecule has 38 heavy (non-hydrogen) atoms. The molecule has 0 unspecified atom stereocenters. The van der Waals surface area contributed by atoms with Gasteiger partial charge in [-0.15, -0.1) is 0 Å². The number of sulfonamides is 1. The minimum Gasteiger partial charge on any atom is -0.362 e. The van der Waals surface area contributed by atoms with Crippen molar-refractivity contribution in [3.63, 3.8) is 0 Å². The number of benzene rings is 2. The average molecular weight is 562 g/mol. The maximum absolute atomic E-state index is 13.1. The molecule has 0 bridgehead atoms. The van der Waals surface area contributed by atoms with Crippen LogP contribution in [0.15, 0.2) is 47.4 Å². The molecule has 2 heterocycles. The fraction of sp³-hybridized carbons (Fsp3) is 0.417. The van der Waals surface area contributed by atoms with Gasteiger partial charge < -0.3 is 9.80 Å². The zero-order valence-electron chi connectivity index (χ0n) is 20.4. The summed E-state index contributed by atoms with van der Waals surface area (Å²) >= 11 is 0. The number of alkyl halides is 6. The van der Waals surface area contributed by atoms with Crippen LogP contribution in [-0.2, 0) is 22.4 Å². The van der Waals surface area contributed by atoms with Gasteiger partial charge in [-0.05, 0) is 49.1 Å². The first-order valence-electron chi connectivity index (χ1n) is 11.6. The number of piperidine rings is 1. The van der Waals surface area contributed by atoms with Crippen LogP contribution >= 0.6 is 0 Å². The number of hydrogen-bond donors (Lipinski definition) is 1. The molecule has 0 saturated carbocycles. The predicted molar refractivity (Wildman–Crippen MR) is 130 cm³/mol. The Morgan fingerprint density at radius 2 is 1.53 bits per heavy atom. The molecule has 7 nitrogen and oxygen atoms in total. The third-order valence-electron chi connectivity index (χ3n) is 6.33. The molecule has 0 spiro atoms. The largest absolute Gasteiger partial charge is 0.416 e. The van der Waals surface area contributed by atoms with E-state index in [1.165, 1.54) is 0 Å². The zero-order chi connectivity index (χ0) is 27.9. The Bertz CT molecular complexity index is 1390. The van der Waals surface area contributed by atoms with Gasteiger partial charge in [0.25, 0.3) is 0 Å². The van der Waals surface area contributed by atoms with Gasteiger partial charge in [0.05, 0.1) is 21.5 Å². The summed E-state index contributed by atoms with van der Waals surface area (Å²) < 4.78 is 106. The quantitative estimate of drug-likeness (QED) is 0.431. The average Bonchev–Trinajstić information content (AvgIpc) is 2.85. The van der Waals surface area contributed by atoms with Gasteiger partial charge in [0, 0.05) is 39.1 Å². The molecule has 0 amide bonds. The van der Waals surface area contributed by atoms with Crippen molar-refractivity contribution in [2.75, 3.05) is 43.5 Å². The lowest BCUT2D eigenvalue weighted by Gasteiger charge is -2.32. The number of nitrogens with zero attached hydrogens (tertiary/aromatic N) is 4. The minimum atomic E-state index is -5.14. The van der Waals surface area contributed by atoms with E-state index in [0.29, 0.717) is 31.9 Å². The number of rotatable bonds is 6. The van der Waals surface area contributed by atoms with Crippen molar-refractivity contribution in [1.29, 1.82) is 0 Å². The van der Waals surface area contributed by atoms with Crippen molar-refractivity contribution in [1.82, 2.24) is 14.7 Å². The highest BCUT2D eigenvalue weighted by molar-refractivity contribution is 7.89. The van der Waals surface area contributed by atoms with Crippen molar-refractivity contribution < 1.29 is 34.8 Å². The lowest BCUT2D eigenvalue weighted by Crippen LogP contribution is -2.39. The van der Waals surface area contributed by atoms with E-state index >= 15 is 0 Å². The second-order valence-corrected chi connectivity index (χ2v) is 11.0. The molecular weight excluding hydrogens is 536 g/mol. The van der Waals surface area contributed by atoms with E-state index in [-0.39, 0.29) is 30.7 Å². The summed E-state index contributed by atoms with van der Waals surface area (Å²) in [5.41, 5.74) is -2.60. The summed E-state index contributed by atoms with van der Waals surface area (Å²) in [5.74, 6) is 1.09. The minimum absolute atomic E-state index is 0.106. The van der Waals surface area contributed by atoms with Crippen LogP contribution < -0.4 is 14.5 Å². The SMILES string of the molecule is CN(C)c1nc(N2CCC(CNS(=O)(=O)c3cc(C(F)(F)F)cc(C(F)(F)F)c3)CC2)nc2ccccc12. The Kier molecular flexibility index (Phi) is 7.49. The molecule has 0 radical (unpaired) electrons. The molecule has 206 valence electrons. The van der Waals surface area contributed by atoms with Crippen LogP contribution in [0.1, 0.15) is 24.0 Å². The van der Waals surface area contributed by atoms with Gasteiger partial charge in [-0.1, -0.05) is 12.1 Å². The highest BCUT2D eigenvalue weighted by Crippen LogP contribution is 2.37. The van der Waals surface area contributed by atoms with Gasteiger partial charge >= 0.3 is 12.4 Å². The monoisotopic (exact) mass is 561 g/mol. The molecule has 1 N–H and O–H groups in total. The lowest BCUT2D eigenvalue weighted by atomic mass is 9.97. The molecule has 1 fully saturated rings. The number of aromatic nitrogens is 2. The zero-order valence-corrected chi connectivity index (χ0v) is 21.3. The maximum atomic E-state index is 13.1. The first-order chi connectivity index (χ1) is 17.6. The molecular formula is C24H25F6N5O2S. The Labute approximate surface area is 215 Å². The number of para-hydroxylation sites is 1. The first-order valence-corrected chi connectivity index (χ1v) is 13.1. The summed E-state index contributed by atoms with van der Waals surface area (Å²) in [6.07, 6.45) is -9.25. The van der Waals surface area contributed by atoms with Crippen LogP contribution in [0.3, 0.4) is 0 Å². The number of nitrogens with one attached hydrogen (secondary N) is 1. The Hall–Kier alpha value is -3.13. The molecule has 0 aliphatic carbocycles. The fourth-order valence-corrected chi connectivity index (χ4v) is 5.45. The molecule has 3 aromatic rings. The second-order valence-electron chi connectivity index (χ2n) is 9.28. The molecule has 1 aliphatic rings. The van der Waals surface area contributed by atoms with E-state index in [1.807, 2.05) is 48.2 Å². The van der Waals surface area contributed by atoms with Crippen LogP contribution in [0.5, 0.6) is 0 Å². The third kappa shape index (κ3) is 6.12. The topological polar surface area (TPSA) is 78.4 Å². The molecule has 0 atom stereocenters. The van der Waals surface area contributed by atoms with Gasteiger partial charge in [0.2, 0.25) is 16.0 Å². The Balaban J connectivity index is 1.45. The molecule has 1 aromatic heterocycles. The van der Waals surface area contributed by atoms with E-state index in [9.17, 15) is 34.8 Å². The first kappa shape index (κ1) is 27.9. The van der Waals surface area contributed by atoms with Crippen molar-refractivity contribution in [2.45, 2.75) is 30.1 Å². The Morgan fingerprint density at radius 3 is 2.08 bits per heavy atom. The highest BCUT2D eigenvalue weighted by atomic mass is 32.2. The van der Waals surface area contributed by atoms with Crippen LogP contribution in [0.25, 0.3) is 10.9 Å². The number of fused-ring (bicyclic) bond motifs is 1. The highest BCUT2D eigenvalue weighted by Gasteiger charge is 2.38. The van der Waals surface area contributed by atoms with Crippen molar-refractivity contribution in [3.8, 4) is 0 Å². The maximum Gasteiger partial charge on any atom is 0.416 e. The normalized spacial score (nSPS) is 15.7. The van der Waals surface area contributed by atoms with E-state index in [4.69, 9.17) is 0 Å². The second kappa shape index (κ2) is 10.2. The summed E-state index contributed by atoms with van der Waals surface area (Å²) in [6, 6.07) is 7.89. The number of anilines is 2. The molecule has 14 heteroatoms. The van der Waals surface area contributed by atoms with Crippen LogP contribution in [0.2, 0.25) is 0 Å². The van der Waals surface area contributed by atoms with Gasteiger partial charge in [0.15, 0.2) is 0 Å². The summed E-state index contributed by atoms with van der Waals surface area (Å²) in [4.78, 5) is 12.1. The summed E-state index contributed by atoms with van der Waals surface area (Å²) in [7, 11) is -0.876. The third-order valence-corrected chi connectivity index (χ3v) is 7.73. The summed E-state index contributed by atoms with van der Waals surface area (Å²) in [6.45, 7) is 0.869. The smallest absolute Gasteiger partial charge is 0.362 e. The standard InChI is InChI=1S/C24H25F6N5O2S/c1-34(2)21-19-5-3-4-6-20(19)32-22(33-21)35-9-7-15(8-10-35)14-31-38(36,37)18-12-16(23(25,26)27)11-17(13-18)24(28,29)30/h3-6,11-13,15,31H,7-10,14H2,1-2H3. The summed E-state index contributed by atoms with van der Waals surface area (Å²) in [5, 5.41) is 0.897. The van der Waals surface area contributed by atoms with E-state index in [1.54, 1.807) is 0 Å². The van der Waals surface area contributed by atoms with Gasteiger partial charge in [-0.2, -0.15) is 31.3 Å². The van der Waals surface area contributed by atoms with Crippen molar-refractivity contribution in [3.05, 3.63) is 53.6 Å². The number of halogens is 6. The van der Waals surface area contributed by atoms with Gasteiger partial charge in [-0.3, -0.25) is 0 Å². The van der Waals surface area contributed by atoms with E-state index in [2.05, 4.69) is 14.7 Å². The van der Waals surface area contributed by atoms with Gasteiger partial charge in [0.1, 0.15) is 5.82 Å². The van der Waals surface area contributed by atoms with E-state index in [0.717, 1.165) is 16.7 Å². The van der Waals surface area contributed by atoms with Crippen molar-refractivity contribution >= 4 is 32.7 Å². The molecule has 2 aromatic carbocycles. The van der Waals surface area contributed by atoms with Crippen molar-refractivity contribution in [2.24, 2.45) is 5.92 Å². The number of hydrogen-bond acceptors (Lipinski definition) is 6. The van der Waals surface area contributed by atoms with Gasteiger partial charge in [-0.25, -0.2) is 18.1 Å². The van der Waals surface area contributed by atoms with Crippen LogP contribution in [0.4, 0.5) is 38.1 Å². The predicted octanol–water partition coefficient (Wildman–Crippen LogP) is 4.93. The van der Waals surface area contributed by atoms with Crippen LogP contribution in [0, 0.1) is 5.92 Å². The van der Waals surface area contributed by atoms with E-state index < -0.39 is 38.4 Å².